The van der Waals surface area contributed by atoms with Gasteiger partial charge in [0.15, 0.2) is 0 Å². The summed E-state index contributed by atoms with van der Waals surface area (Å²) in [5.74, 6) is 3.44. The molecule has 0 spiro atoms. The summed E-state index contributed by atoms with van der Waals surface area (Å²) >= 11 is 1.74. The lowest BCUT2D eigenvalue weighted by molar-refractivity contribution is -0.128. The minimum Gasteiger partial charge on any atom is -0.342 e. The maximum atomic E-state index is 12.4. The first-order valence-corrected chi connectivity index (χ1v) is 9.49. The molecule has 0 saturated carbocycles. The quantitative estimate of drug-likeness (QED) is 0.926. The first-order chi connectivity index (χ1) is 10.7. The molecule has 4 heteroatoms. The SMILES string of the molecule is Cc1ccc(CSCC(=O)N2CC[C@@H]3CNC[C@@H]3CC2)cc1. The molecule has 2 atom stereocenters. The standard InChI is InChI=1S/C18H26N2OS/c1-14-2-4-15(5-3-14)12-22-13-18(21)20-8-6-16-10-19-11-17(16)7-9-20/h2-5,16-17,19H,6-13H2,1H3/t16-,17+. The molecule has 1 aromatic rings. The molecule has 0 aromatic heterocycles. The number of hydrogen-bond acceptors (Lipinski definition) is 3. The number of nitrogens with one attached hydrogen (secondary N) is 1. The number of carbonyl (C=O) groups is 1. The van der Waals surface area contributed by atoms with E-state index in [4.69, 9.17) is 0 Å². The van der Waals surface area contributed by atoms with Gasteiger partial charge >= 0.3 is 0 Å². The van der Waals surface area contributed by atoms with Gasteiger partial charge in [0.05, 0.1) is 5.75 Å². The highest BCUT2D eigenvalue weighted by Crippen LogP contribution is 2.27. The molecule has 22 heavy (non-hydrogen) atoms. The second-order valence-corrected chi connectivity index (χ2v) is 7.60. The van der Waals surface area contributed by atoms with Crippen molar-refractivity contribution >= 4 is 17.7 Å². The van der Waals surface area contributed by atoms with E-state index in [1.54, 1.807) is 11.8 Å². The molecule has 3 rings (SSSR count). The topological polar surface area (TPSA) is 32.3 Å². The fraction of sp³-hybridized carbons (Fsp3) is 0.611. The second-order valence-electron chi connectivity index (χ2n) is 6.61. The lowest BCUT2D eigenvalue weighted by atomic mass is 9.92. The molecule has 0 radical (unpaired) electrons. The third-order valence-corrected chi connectivity index (χ3v) is 5.98. The number of rotatable bonds is 4. The highest BCUT2D eigenvalue weighted by Gasteiger charge is 2.31. The van der Waals surface area contributed by atoms with Crippen LogP contribution in [0.3, 0.4) is 0 Å². The Kier molecular flexibility index (Phi) is 5.42. The van der Waals surface area contributed by atoms with Crippen molar-refractivity contribution in [3.8, 4) is 0 Å². The van der Waals surface area contributed by atoms with Crippen LogP contribution in [-0.4, -0.2) is 42.7 Å². The van der Waals surface area contributed by atoms with Crippen LogP contribution in [0, 0.1) is 18.8 Å². The minimum atomic E-state index is 0.324. The zero-order valence-electron chi connectivity index (χ0n) is 13.4. The average Bonchev–Trinajstić information content (AvgIpc) is 2.87. The summed E-state index contributed by atoms with van der Waals surface area (Å²) in [7, 11) is 0. The van der Waals surface area contributed by atoms with E-state index in [-0.39, 0.29) is 0 Å². The number of fused-ring (bicyclic) bond motifs is 1. The number of benzene rings is 1. The molecular weight excluding hydrogens is 292 g/mol. The number of amides is 1. The van der Waals surface area contributed by atoms with Gasteiger partial charge in [0, 0.05) is 18.8 Å². The van der Waals surface area contributed by atoms with Gasteiger partial charge in [-0.05, 0) is 50.3 Å². The van der Waals surface area contributed by atoms with Crippen LogP contribution < -0.4 is 5.32 Å². The second kappa shape index (κ2) is 7.51. The Bertz CT molecular complexity index is 488. The first-order valence-electron chi connectivity index (χ1n) is 8.34. The summed E-state index contributed by atoms with van der Waals surface area (Å²) in [6, 6.07) is 8.60. The molecule has 3 nitrogen and oxygen atoms in total. The van der Waals surface area contributed by atoms with E-state index in [1.807, 2.05) is 0 Å². The number of aryl methyl sites for hydroxylation is 1. The van der Waals surface area contributed by atoms with Gasteiger partial charge in [0.2, 0.25) is 5.91 Å². The van der Waals surface area contributed by atoms with Crippen LogP contribution in [-0.2, 0) is 10.5 Å². The summed E-state index contributed by atoms with van der Waals surface area (Å²) in [4.78, 5) is 14.5. The van der Waals surface area contributed by atoms with Gasteiger partial charge in [-0.15, -0.1) is 11.8 Å². The Morgan fingerprint density at radius 1 is 1.18 bits per heavy atom. The van der Waals surface area contributed by atoms with E-state index >= 15 is 0 Å². The van der Waals surface area contributed by atoms with Crippen LogP contribution in [0.2, 0.25) is 0 Å². The third kappa shape index (κ3) is 4.05. The summed E-state index contributed by atoms with van der Waals surface area (Å²) in [6.07, 6.45) is 2.35. The van der Waals surface area contributed by atoms with Crippen LogP contribution in [0.15, 0.2) is 24.3 Å². The summed E-state index contributed by atoms with van der Waals surface area (Å²) in [5.41, 5.74) is 2.59. The van der Waals surface area contributed by atoms with Crippen molar-refractivity contribution in [1.29, 1.82) is 0 Å². The highest BCUT2D eigenvalue weighted by atomic mass is 32.2. The molecule has 1 aromatic carbocycles. The van der Waals surface area contributed by atoms with E-state index in [0.29, 0.717) is 11.7 Å². The van der Waals surface area contributed by atoms with Crippen LogP contribution >= 0.6 is 11.8 Å². The van der Waals surface area contributed by atoms with E-state index in [1.165, 1.54) is 24.0 Å². The van der Waals surface area contributed by atoms with Gasteiger partial charge in [0.25, 0.3) is 0 Å². The van der Waals surface area contributed by atoms with E-state index in [9.17, 15) is 4.79 Å². The van der Waals surface area contributed by atoms with Crippen LogP contribution in [0.4, 0.5) is 0 Å². The van der Waals surface area contributed by atoms with Crippen molar-refractivity contribution in [1.82, 2.24) is 10.2 Å². The van der Waals surface area contributed by atoms with Crippen LogP contribution in [0.5, 0.6) is 0 Å². The largest absolute Gasteiger partial charge is 0.342 e. The van der Waals surface area contributed by atoms with Gasteiger partial charge in [-0.25, -0.2) is 0 Å². The van der Waals surface area contributed by atoms with E-state index in [0.717, 1.165) is 43.8 Å². The number of thioether (sulfide) groups is 1. The van der Waals surface area contributed by atoms with Crippen molar-refractivity contribution in [3.05, 3.63) is 35.4 Å². The molecule has 0 aliphatic carbocycles. The number of likely N-dealkylation sites (tertiary alicyclic amines) is 1. The monoisotopic (exact) mass is 318 g/mol. The van der Waals surface area contributed by atoms with Gasteiger partial charge in [-0.1, -0.05) is 29.8 Å². The molecule has 1 amide bonds. The highest BCUT2D eigenvalue weighted by molar-refractivity contribution is 7.99. The van der Waals surface area contributed by atoms with Crippen LogP contribution in [0.1, 0.15) is 24.0 Å². The Labute approximate surface area is 137 Å². The Balaban J connectivity index is 1.42. The van der Waals surface area contributed by atoms with E-state index in [2.05, 4.69) is 41.4 Å². The fourth-order valence-corrected chi connectivity index (χ4v) is 4.39. The Hall–Kier alpha value is -1.00. The summed E-state index contributed by atoms with van der Waals surface area (Å²) in [5, 5.41) is 3.48. The van der Waals surface area contributed by atoms with Crippen LogP contribution in [0.25, 0.3) is 0 Å². The predicted molar refractivity (Wildman–Crippen MR) is 93.0 cm³/mol. The van der Waals surface area contributed by atoms with Gasteiger partial charge in [-0.3, -0.25) is 4.79 Å². The molecule has 120 valence electrons. The zero-order valence-corrected chi connectivity index (χ0v) is 14.2. The maximum Gasteiger partial charge on any atom is 0.232 e. The molecule has 2 heterocycles. The first kappa shape index (κ1) is 15.9. The number of carbonyl (C=O) groups excluding carboxylic acids is 1. The molecule has 2 saturated heterocycles. The lowest BCUT2D eigenvalue weighted by Gasteiger charge is -2.20. The van der Waals surface area contributed by atoms with Gasteiger partial charge in [-0.2, -0.15) is 0 Å². The Morgan fingerprint density at radius 3 is 2.45 bits per heavy atom. The predicted octanol–water partition coefficient (Wildman–Crippen LogP) is 2.69. The molecule has 2 aliphatic rings. The fourth-order valence-electron chi connectivity index (χ4n) is 3.50. The Morgan fingerprint density at radius 2 is 1.82 bits per heavy atom. The average molecular weight is 318 g/mol. The molecule has 0 unspecified atom stereocenters. The van der Waals surface area contributed by atoms with Gasteiger partial charge < -0.3 is 10.2 Å². The van der Waals surface area contributed by atoms with Crippen molar-refractivity contribution in [2.24, 2.45) is 11.8 Å². The van der Waals surface area contributed by atoms with Crippen molar-refractivity contribution in [2.45, 2.75) is 25.5 Å². The normalized spacial score (nSPS) is 24.9. The van der Waals surface area contributed by atoms with Gasteiger partial charge in [0.1, 0.15) is 0 Å². The molecular formula is C18H26N2OS. The van der Waals surface area contributed by atoms with Crippen molar-refractivity contribution in [2.75, 3.05) is 31.9 Å². The third-order valence-electron chi connectivity index (χ3n) is 4.99. The number of hydrogen-bond donors (Lipinski definition) is 1. The molecule has 2 aliphatic heterocycles. The molecule has 2 fully saturated rings. The maximum absolute atomic E-state index is 12.4. The van der Waals surface area contributed by atoms with Crippen molar-refractivity contribution < 1.29 is 4.79 Å². The zero-order chi connectivity index (χ0) is 15.4. The smallest absolute Gasteiger partial charge is 0.232 e. The van der Waals surface area contributed by atoms with E-state index < -0.39 is 0 Å². The van der Waals surface area contributed by atoms with Crippen molar-refractivity contribution in [3.63, 3.8) is 0 Å². The molecule has 1 N–H and O–H groups in total. The summed E-state index contributed by atoms with van der Waals surface area (Å²) < 4.78 is 0. The number of nitrogens with zero attached hydrogens (tertiary/aromatic N) is 1. The summed E-state index contributed by atoms with van der Waals surface area (Å²) in [6.45, 7) is 6.30. The molecule has 0 bridgehead atoms. The minimum absolute atomic E-state index is 0.324. The lowest BCUT2D eigenvalue weighted by Crippen LogP contribution is -2.34.